The highest BCUT2D eigenvalue weighted by Crippen LogP contribution is 2.29. The summed E-state index contributed by atoms with van der Waals surface area (Å²) in [6.45, 7) is 0.978. The molecule has 2 rings (SSSR count). The molecule has 1 heterocycles. The van der Waals surface area contributed by atoms with Crippen LogP contribution in [0.15, 0.2) is 16.9 Å². The molecule has 1 aliphatic carbocycles. The molecule has 0 amide bonds. The standard InChI is InChI=1S/C9H11Br2N3/c10-3-4-14(8-1-2-8)9-12-5-7(11)6-13-9/h5-6,8H,1-4H2. The Bertz CT molecular complexity index is 297. The number of aromatic nitrogens is 2. The van der Waals surface area contributed by atoms with E-state index >= 15 is 0 Å². The molecule has 0 unspecified atom stereocenters. The number of anilines is 1. The summed E-state index contributed by atoms with van der Waals surface area (Å²) in [4.78, 5) is 10.9. The fraction of sp³-hybridized carbons (Fsp3) is 0.556. The minimum absolute atomic E-state index is 0.661. The van der Waals surface area contributed by atoms with Crippen molar-refractivity contribution in [1.82, 2.24) is 9.97 Å². The van der Waals surface area contributed by atoms with Gasteiger partial charge in [-0.3, -0.25) is 0 Å². The van der Waals surface area contributed by atoms with Crippen molar-refractivity contribution in [3.63, 3.8) is 0 Å². The largest absolute Gasteiger partial charge is 0.337 e. The summed E-state index contributed by atoms with van der Waals surface area (Å²) in [6, 6.07) is 0.661. The molecule has 14 heavy (non-hydrogen) atoms. The van der Waals surface area contributed by atoms with Gasteiger partial charge in [-0.25, -0.2) is 9.97 Å². The Morgan fingerprint density at radius 3 is 2.50 bits per heavy atom. The quantitative estimate of drug-likeness (QED) is 0.799. The molecular weight excluding hydrogens is 310 g/mol. The highest BCUT2D eigenvalue weighted by molar-refractivity contribution is 9.10. The lowest BCUT2D eigenvalue weighted by atomic mass is 10.5. The Morgan fingerprint density at radius 1 is 1.36 bits per heavy atom. The molecule has 1 aromatic heterocycles. The zero-order chi connectivity index (χ0) is 9.97. The summed E-state index contributed by atoms with van der Waals surface area (Å²) < 4.78 is 0.927. The second-order valence-corrected chi connectivity index (χ2v) is 5.02. The number of hydrogen-bond donors (Lipinski definition) is 0. The van der Waals surface area contributed by atoms with Crippen LogP contribution in [0.5, 0.6) is 0 Å². The van der Waals surface area contributed by atoms with Crippen molar-refractivity contribution in [2.75, 3.05) is 16.8 Å². The Hall–Kier alpha value is -0.160. The molecule has 3 nitrogen and oxygen atoms in total. The monoisotopic (exact) mass is 319 g/mol. The maximum Gasteiger partial charge on any atom is 0.225 e. The second kappa shape index (κ2) is 4.57. The van der Waals surface area contributed by atoms with Crippen LogP contribution in [0.4, 0.5) is 5.95 Å². The molecule has 0 atom stereocenters. The Kier molecular flexibility index (Phi) is 3.38. The maximum atomic E-state index is 4.31. The summed E-state index contributed by atoms with van der Waals surface area (Å²) in [5.74, 6) is 0.843. The van der Waals surface area contributed by atoms with Crippen LogP contribution in [-0.4, -0.2) is 27.9 Å². The molecule has 0 bridgehead atoms. The minimum atomic E-state index is 0.661. The van der Waals surface area contributed by atoms with Crippen molar-refractivity contribution in [2.24, 2.45) is 0 Å². The van der Waals surface area contributed by atoms with E-state index in [9.17, 15) is 0 Å². The summed E-state index contributed by atoms with van der Waals surface area (Å²) in [5, 5.41) is 0.961. The third-order valence-corrected chi connectivity index (χ3v) is 2.94. The molecule has 5 heteroatoms. The van der Waals surface area contributed by atoms with Crippen molar-refractivity contribution in [2.45, 2.75) is 18.9 Å². The van der Waals surface area contributed by atoms with Gasteiger partial charge < -0.3 is 4.90 Å². The number of nitrogens with zero attached hydrogens (tertiary/aromatic N) is 3. The van der Waals surface area contributed by atoms with E-state index in [0.717, 1.165) is 22.3 Å². The zero-order valence-electron chi connectivity index (χ0n) is 7.66. The van der Waals surface area contributed by atoms with Gasteiger partial charge in [0.25, 0.3) is 0 Å². The van der Waals surface area contributed by atoms with Crippen LogP contribution in [0.1, 0.15) is 12.8 Å². The van der Waals surface area contributed by atoms with Gasteiger partial charge in [0, 0.05) is 30.3 Å². The lowest BCUT2D eigenvalue weighted by molar-refractivity contribution is 0.792. The van der Waals surface area contributed by atoms with Gasteiger partial charge in [0.15, 0.2) is 0 Å². The summed E-state index contributed by atoms with van der Waals surface area (Å²) in [6.07, 6.45) is 6.14. The van der Waals surface area contributed by atoms with E-state index in [-0.39, 0.29) is 0 Å². The minimum Gasteiger partial charge on any atom is -0.337 e. The molecule has 1 fully saturated rings. The molecule has 0 saturated heterocycles. The van der Waals surface area contributed by atoms with E-state index in [4.69, 9.17) is 0 Å². The van der Waals surface area contributed by atoms with E-state index in [1.807, 2.05) is 0 Å². The van der Waals surface area contributed by atoms with Gasteiger partial charge in [-0.1, -0.05) is 15.9 Å². The molecular formula is C9H11Br2N3. The first-order valence-electron chi connectivity index (χ1n) is 4.61. The van der Waals surface area contributed by atoms with E-state index < -0.39 is 0 Å². The van der Waals surface area contributed by atoms with Crippen molar-refractivity contribution >= 4 is 37.8 Å². The lowest BCUT2D eigenvalue weighted by Gasteiger charge is -2.20. The second-order valence-electron chi connectivity index (χ2n) is 3.31. The molecule has 1 aromatic rings. The third-order valence-electron chi connectivity index (χ3n) is 2.18. The molecule has 0 spiro atoms. The predicted octanol–water partition coefficient (Wildman–Crippen LogP) is 2.60. The van der Waals surface area contributed by atoms with Crippen LogP contribution in [0, 0.1) is 0 Å². The molecule has 1 aliphatic rings. The molecule has 0 aromatic carbocycles. The van der Waals surface area contributed by atoms with Gasteiger partial charge in [0.05, 0.1) is 4.47 Å². The third kappa shape index (κ3) is 2.45. The first-order chi connectivity index (χ1) is 6.81. The van der Waals surface area contributed by atoms with Crippen LogP contribution < -0.4 is 4.90 Å². The van der Waals surface area contributed by atoms with Gasteiger partial charge >= 0.3 is 0 Å². The molecule has 0 N–H and O–H groups in total. The number of alkyl halides is 1. The fourth-order valence-electron chi connectivity index (χ4n) is 1.38. The van der Waals surface area contributed by atoms with Crippen LogP contribution in [-0.2, 0) is 0 Å². The van der Waals surface area contributed by atoms with Crippen molar-refractivity contribution in [3.05, 3.63) is 16.9 Å². The smallest absolute Gasteiger partial charge is 0.225 e. The first-order valence-corrected chi connectivity index (χ1v) is 6.53. The number of rotatable bonds is 4. The van der Waals surface area contributed by atoms with Gasteiger partial charge in [-0.2, -0.15) is 0 Å². The van der Waals surface area contributed by atoms with E-state index in [1.54, 1.807) is 12.4 Å². The molecule has 0 radical (unpaired) electrons. The Labute approximate surface area is 100 Å². The highest BCUT2D eigenvalue weighted by atomic mass is 79.9. The van der Waals surface area contributed by atoms with Gasteiger partial charge in [0.2, 0.25) is 5.95 Å². The predicted molar refractivity (Wildman–Crippen MR) is 63.9 cm³/mol. The van der Waals surface area contributed by atoms with Gasteiger partial charge in [0.1, 0.15) is 0 Å². The highest BCUT2D eigenvalue weighted by Gasteiger charge is 2.30. The maximum absolute atomic E-state index is 4.31. The molecule has 1 saturated carbocycles. The summed E-state index contributed by atoms with van der Waals surface area (Å²) in [7, 11) is 0. The average Bonchev–Trinajstić information content (AvgIpc) is 2.99. The lowest BCUT2D eigenvalue weighted by Crippen LogP contribution is -2.29. The van der Waals surface area contributed by atoms with E-state index in [0.29, 0.717) is 6.04 Å². The van der Waals surface area contributed by atoms with Gasteiger partial charge in [-0.15, -0.1) is 0 Å². The van der Waals surface area contributed by atoms with Gasteiger partial charge in [-0.05, 0) is 28.8 Å². The van der Waals surface area contributed by atoms with Crippen LogP contribution >= 0.6 is 31.9 Å². The van der Waals surface area contributed by atoms with Crippen LogP contribution in [0.2, 0.25) is 0 Å². The SMILES string of the molecule is BrCCN(c1ncc(Br)cn1)C1CC1. The average molecular weight is 321 g/mol. The number of halogens is 2. The van der Waals surface area contributed by atoms with Crippen LogP contribution in [0.3, 0.4) is 0 Å². The number of hydrogen-bond acceptors (Lipinski definition) is 3. The molecule has 76 valence electrons. The Balaban J connectivity index is 2.13. The van der Waals surface area contributed by atoms with Crippen molar-refractivity contribution in [1.29, 1.82) is 0 Å². The summed E-state index contributed by atoms with van der Waals surface area (Å²) >= 11 is 6.78. The van der Waals surface area contributed by atoms with E-state index in [1.165, 1.54) is 12.8 Å². The fourth-order valence-corrected chi connectivity index (χ4v) is 1.96. The van der Waals surface area contributed by atoms with Crippen molar-refractivity contribution in [3.8, 4) is 0 Å². The summed E-state index contributed by atoms with van der Waals surface area (Å²) in [5.41, 5.74) is 0. The van der Waals surface area contributed by atoms with Crippen LogP contribution in [0.25, 0.3) is 0 Å². The van der Waals surface area contributed by atoms with Crippen molar-refractivity contribution < 1.29 is 0 Å². The normalized spacial score (nSPS) is 15.6. The Morgan fingerprint density at radius 2 is 2.00 bits per heavy atom. The topological polar surface area (TPSA) is 29.0 Å². The van der Waals surface area contributed by atoms with E-state index in [2.05, 4.69) is 46.7 Å². The zero-order valence-corrected chi connectivity index (χ0v) is 10.8. The first kappa shape index (κ1) is 10.4. The molecule has 0 aliphatic heterocycles.